The van der Waals surface area contributed by atoms with Crippen molar-refractivity contribution in [1.82, 2.24) is 0 Å². The van der Waals surface area contributed by atoms with E-state index in [1.807, 2.05) is 6.26 Å². The summed E-state index contributed by atoms with van der Waals surface area (Å²) in [4.78, 5) is 9.39. The monoisotopic (exact) mass is 416 g/mol. The van der Waals surface area contributed by atoms with Crippen LogP contribution in [0.15, 0.2) is 21.4 Å². The minimum atomic E-state index is -4.64. The summed E-state index contributed by atoms with van der Waals surface area (Å²) in [5.41, 5.74) is -0.0999. The number of nitrogens with zero attached hydrogens (tertiary/aromatic N) is 2. The number of fused-ring (bicyclic) bond motifs is 1. The van der Waals surface area contributed by atoms with Crippen molar-refractivity contribution in [3.63, 3.8) is 0 Å². The molecule has 0 amide bonds. The molecule has 0 saturated heterocycles. The highest BCUT2D eigenvalue weighted by atomic mass is 32.2. The van der Waals surface area contributed by atoms with Crippen molar-refractivity contribution in [2.75, 3.05) is 12.5 Å². The van der Waals surface area contributed by atoms with E-state index in [0.717, 1.165) is 10.4 Å². The molecule has 0 aliphatic rings. The Kier molecular flexibility index (Phi) is 6.29. The van der Waals surface area contributed by atoms with Crippen LogP contribution < -0.4 is 4.57 Å². The van der Waals surface area contributed by atoms with Crippen LogP contribution in [0, 0.1) is 10.1 Å². The minimum Gasteiger partial charge on any atom is -0.748 e. The van der Waals surface area contributed by atoms with Gasteiger partial charge in [0.15, 0.2) is 4.90 Å². The third-order valence-electron chi connectivity index (χ3n) is 2.52. The van der Waals surface area contributed by atoms with Crippen molar-refractivity contribution < 1.29 is 35.4 Å². The minimum absolute atomic E-state index is 0.521. The number of benzene rings is 1. The fourth-order valence-corrected chi connectivity index (χ4v) is 4.20. The van der Waals surface area contributed by atoms with Crippen LogP contribution in [0.1, 0.15) is 0 Å². The van der Waals surface area contributed by atoms with E-state index in [9.17, 15) is 18.5 Å². The lowest BCUT2D eigenvalue weighted by Gasteiger charge is -1.98. The van der Waals surface area contributed by atoms with Gasteiger partial charge in [-0.3, -0.25) is 14.7 Å². The maximum absolute atomic E-state index is 11.2. The van der Waals surface area contributed by atoms with Gasteiger partial charge >= 0.3 is 10.1 Å². The molecule has 14 heteroatoms. The fourth-order valence-electron chi connectivity index (χ4n) is 1.67. The molecule has 0 radical (unpaired) electrons. The van der Waals surface area contributed by atoms with Gasteiger partial charge in [-0.1, -0.05) is 11.3 Å². The van der Waals surface area contributed by atoms with E-state index in [2.05, 4.69) is 0 Å². The molecule has 0 fully saturated rings. The second-order valence-electron chi connectivity index (χ2n) is 4.36. The van der Waals surface area contributed by atoms with Crippen LogP contribution in [-0.4, -0.2) is 43.4 Å². The number of nitro benzene ring substituents is 1. The summed E-state index contributed by atoms with van der Waals surface area (Å²) in [5.74, 6) is 0. The highest BCUT2D eigenvalue weighted by Gasteiger charge is 2.29. The second kappa shape index (κ2) is 7.28. The van der Waals surface area contributed by atoms with E-state index in [1.54, 1.807) is 11.6 Å². The third-order valence-corrected chi connectivity index (χ3v) is 5.77. The molecule has 0 spiro atoms. The Bertz CT molecular complexity index is 986. The van der Waals surface area contributed by atoms with Gasteiger partial charge in [0.05, 0.1) is 15.0 Å². The number of hydrogen-bond donors (Lipinski definition) is 1. The summed E-state index contributed by atoms with van der Waals surface area (Å²) in [7, 11) is -6.83. The summed E-state index contributed by atoms with van der Waals surface area (Å²) in [5, 5.41) is 10.9. The molecule has 1 N–H and O–H groups in total. The number of aromatic nitrogens is 1. The summed E-state index contributed by atoms with van der Waals surface area (Å²) >= 11 is 2.77. The largest absolute Gasteiger partial charge is 0.748 e. The second-order valence-corrected chi connectivity index (χ2v) is 9.24. The van der Waals surface area contributed by atoms with Crippen molar-refractivity contribution in [2.24, 2.45) is 7.05 Å². The Balaban J connectivity index is 0.000000505. The van der Waals surface area contributed by atoms with Gasteiger partial charge < -0.3 is 4.55 Å². The Morgan fingerprint density at radius 3 is 2.17 bits per heavy atom. The number of thiazole rings is 1. The van der Waals surface area contributed by atoms with Crippen molar-refractivity contribution in [2.45, 2.75) is 9.24 Å². The molecule has 0 bridgehead atoms. The lowest BCUT2D eigenvalue weighted by molar-refractivity contribution is -0.676. The highest BCUT2D eigenvalue weighted by molar-refractivity contribution is 8.00. The Morgan fingerprint density at radius 1 is 1.29 bits per heavy atom. The fraction of sp³-hybridized carbons (Fsp3) is 0.300. The molecular formula is C10H12N2O8S4. The zero-order valence-electron chi connectivity index (χ0n) is 12.5. The SMILES string of the molecule is CS(=O)(=O)[O-].CSc1sc2cc([N+](=O)[O-])c(S(=O)(=O)O)cc2[n+]1C. The number of aryl methyl sites for hydroxylation is 1. The normalized spacial score (nSPS) is 11.9. The van der Waals surface area contributed by atoms with E-state index in [0.29, 0.717) is 16.5 Å². The molecule has 0 atom stereocenters. The number of nitro groups is 1. The maximum Gasteiger partial charge on any atom is 0.301 e. The van der Waals surface area contributed by atoms with E-state index in [-0.39, 0.29) is 0 Å². The van der Waals surface area contributed by atoms with Gasteiger partial charge in [0.2, 0.25) is 5.52 Å². The maximum atomic E-state index is 11.2. The van der Waals surface area contributed by atoms with Gasteiger partial charge in [-0.15, -0.1) is 0 Å². The molecule has 24 heavy (non-hydrogen) atoms. The molecule has 1 aromatic heterocycles. The van der Waals surface area contributed by atoms with Crippen LogP contribution in [0.3, 0.4) is 0 Å². The highest BCUT2D eigenvalue weighted by Crippen LogP contribution is 2.33. The van der Waals surface area contributed by atoms with E-state index >= 15 is 0 Å². The zero-order valence-corrected chi connectivity index (χ0v) is 15.8. The molecule has 1 aromatic carbocycles. The molecule has 10 nitrogen and oxygen atoms in total. The lowest BCUT2D eigenvalue weighted by atomic mass is 10.3. The summed E-state index contributed by atoms with van der Waals surface area (Å²) in [6.45, 7) is 0. The molecule has 0 aliphatic carbocycles. The summed E-state index contributed by atoms with van der Waals surface area (Å²) in [6, 6.07) is 2.29. The molecule has 134 valence electrons. The van der Waals surface area contributed by atoms with Gasteiger partial charge in [0.25, 0.3) is 10.0 Å². The predicted octanol–water partition coefficient (Wildman–Crippen LogP) is 0.764. The van der Waals surface area contributed by atoms with Gasteiger partial charge in [0, 0.05) is 18.4 Å². The zero-order chi connectivity index (χ0) is 18.9. The van der Waals surface area contributed by atoms with Crippen LogP contribution in [-0.2, 0) is 27.3 Å². The first-order chi connectivity index (χ1) is 10.8. The molecule has 2 rings (SSSR count). The van der Waals surface area contributed by atoms with E-state index in [1.165, 1.54) is 29.2 Å². The third kappa shape index (κ3) is 5.35. The quantitative estimate of drug-likeness (QED) is 0.250. The standard InChI is InChI=1S/C9H8N2O5S3.CH4O3S/c1-10-5-4-8(19(14,15)16)6(11(12)13)3-7(5)18-9(10)17-2;1-5(2,3)4/h3-4H,1-2H3;1H3,(H,2,3,4). The van der Waals surface area contributed by atoms with Crippen molar-refractivity contribution in [3.05, 3.63) is 22.2 Å². The first-order valence-corrected chi connectivity index (χ1v) is 11.1. The molecule has 0 aliphatic heterocycles. The van der Waals surface area contributed by atoms with Crippen LogP contribution in [0.2, 0.25) is 0 Å². The predicted molar refractivity (Wildman–Crippen MR) is 86.9 cm³/mol. The summed E-state index contributed by atoms with van der Waals surface area (Å²) in [6.07, 6.45) is 2.45. The number of rotatable bonds is 3. The Hall–Kier alpha value is -1.32. The molecule has 0 saturated carbocycles. The molecule has 1 heterocycles. The van der Waals surface area contributed by atoms with Crippen LogP contribution in [0.5, 0.6) is 0 Å². The topological polar surface area (TPSA) is 159 Å². The average molecular weight is 416 g/mol. The van der Waals surface area contributed by atoms with Crippen LogP contribution >= 0.6 is 23.1 Å². The first-order valence-electron chi connectivity index (χ1n) is 5.79. The van der Waals surface area contributed by atoms with Gasteiger partial charge in [-0.25, -0.2) is 8.42 Å². The van der Waals surface area contributed by atoms with E-state index < -0.39 is 35.7 Å². The Morgan fingerprint density at radius 2 is 1.79 bits per heavy atom. The molecular weight excluding hydrogens is 404 g/mol. The van der Waals surface area contributed by atoms with E-state index in [4.69, 9.17) is 17.5 Å². The number of hydrogen-bond acceptors (Lipinski definition) is 9. The van der Waals surface area contributed by atoms with Crippen LogP contribution in [0.25, 0.3) is 10.2 Å². The smallest absolute Gasteiger partial charge is 0.301 e. The first kappa shape index (κ1) is 20.7. The van der Waals surface area contributed by atoms with Gasteiger partial charge in [-0.05, 0) is 18.0 Å². The van der Waals surface area contributed by atoms with Crippen molar-refractivity contribution >= 4 is 59.2 Å². The number of thioether (sulfide) groups is 1. The van der Waals surface area contributed by atoms with Crippen LogP contribution in [0.4, 0.5) is 5.69 Å². The Labute approximate surface area is 145 Å². The average Bonchev–Trinajstić information content (AvgIpc) is 2.70. The van der Waals surface area contributed by atoms with Gasteiger partial charge in [-0.2, -0.15) is 13.0 Å². The molecule has 2 aromatic rings. The van der Waals surface area contributed by atoms with Crippen molar-refractivity contribution in [1.29, 1.82) is 0 Å². The lowest BCUT2D eigenvalue weighted by Crippen LogP contribution is -2.28. The molecule has 0 unspecified atom stereocenters. The van der Waals surface area contributed by atoms with Gasteiger partial charge in [0.1, 0.15) is 11.7 Å². The van der Waals surface area contributed by atoms with Crippen molar-refractivity contribution in [3.8, 4) is 0 Å². The summed E-state index contributed by atoms with van der Waals surface area (Å²) < 4.78 is 62.0.